The topological polar surface area (TPSA) is 97.3 Å². The van der Waals surface area contributed by atoms with E-state index in [4.69, 9.17) is 21.1 Å². The Balaban J connectivity index is 1.50. The van der Waals surface area contributed by atoms with Gasteiger partial charge in [0.2, 0.25) is 0 Å². The summed E-state index contributed by atoms with van der Waals surface area (Å²) in [7, 11) is -2.52. The molecule has 0 radical (unpaired) electrons. The van der Waals surface area contributed by atoms with Gasteiger partial charge in [-0.3, -0.25) is 9.10 Å². The fourth-order valence-electron chi connectivity index (χ4n) is 4.17. The number of hydrogen-bond donors (Lipinski definition) is 1. The molecule has 42 heavy (non-hydrogen) atoms. The first kappa shape index (κ1) is 31.1. The van der Waals surface area contributed by atoms with Gasteiger partial charge in [0.25, 0.3) is 15.9 Å². The van der Waals surface area contributed by atoms with Gasteiger partial charge in [-0.2, -0.15) is 5.10 Å². The number of rotatable bonds is 11. The molecule has 0 aliphatic heterocycles. The summed E-state index contributed by atoms with van der Waals surface area (Å²) < 4.78 is 40.3. The van der Waals surface area contributed by atoms with E-state index in [2.05, 4.69) is 26.5 Å². The van der Waals surface area contributed by atoms with Crippen LogP contribution in [0.15, 0.2) is 99.4 Å². The van der Waals surface area contributed by atoms with Gasteiger partial charge in [-0.15, -0.1) is 0 Å². The van der Waals surface area contributed by atoms with Crippen LogP contribution in [0.5, 0.6) is 11.5 Å². The number of benzene rings is 4. The number of nitrogens with zero attached hydrogens (tertiary/aromatic N) is 2. The first-order valence-electron chi connectivity index (χ1n) is 12.8. The summed E-state index contributed by atoms with van der Waals surface area (Å²) in [5, 5.41) is 4.65. The lowest BCUT2D eigenvalue weighted by atomic mass is 10.1. The van der Waals surface area contributed by atoms with E-state index in [1.165, 1.54) is 25.5 Å². The molecule has 1 N–H and O–H groups in total. The molecule has 0 atom stereocenters. The number of carbonyl (C=O) groups excluding carboxylic acids is 1. The average Bonchev–Trinajstić information content (AvgIpc) is 2.96. The third-order valence-electron chi connectivity index (χ3n) is 6.22. The minimum Gasteiger partial charge on any atom is -0.493 e. The molecular weight excluding hydrogens is 642 g/mol. The van der Waals surface area contributed by atoms with Gasteiger partial charge in [-0.05, 0) is 77.3 Å². The number of aryl methyl sites for hydroxylation is 2. The van der Waals surface area contributed by atoms with Gasteiger partial charge >= 0.3 is 0 Å². The first-order valence-corrected chi connectivity index (χ1v) is 15.4. The molecule has 218 valence electrons. The van der Waals surface area contributed by atoms with Crippen molar-refractivity contribution >= 4 is 55.4 Å². The van der Waals surface area contributed by atoms with E-state index >= 15 is 0 Å². The van der Waals surface area contributed by atoms with E-state index in [0.29, 0.717) is 32.2 Å². The number of anilines is 1. The van der Waals surface area contributed by atoms with Crippen LogP contribution in [0.1, 0.15) is 22.3 Å². The Hall–Kier alpha value is -3.86. The van der Waals surface area contributed by atoms with Crippen LogP contribution in [0.3, 0.4) is 0 Å². The molecule has 8 nitrogen and oxygen atoms in total. The number of nitrogens with one attached hydrogen (secondary N) is 1. The van der Waals surface area contributed by atoms with Crippen molar-refractivity contribution in [3.63, 3.8) is 0 Å². The van der Waals surface area contributed by atoms with Crippen molar-refractivity contribution in [1.29, 1.82) is 0 Å². The van der Waals surface area contributed by atoms with Crippen LogP contribution in [0.2, 0.25) is 5.02 Å². The Bertz CT molecular complexity index is 1720. The lowest BCUT2D eigenvalue weighted by Crippen LogP contribution is -2.40. The van der Waals surface area contributed by atoms with E-state index in [1.54, 1.807) is 55.5 Å². The SMILES string of the molecule is COc1cc(/C=N\NC(=O)CN(c2ccc(C)cc2C)S(=O)(=O)c2ccccc2)cc(Br)c1OCc1ccccc1Cl. The van der Waals surface area contributed by atoms with Crippen LogP contribution in [-0.2, 0) is 21.4 Å². The van der Waals surface area contributed by atoms with E-state index in [0.717, 1.165) is 21.0 Å². The largest absolute Gasteiger partial charge is 0.493 e. The van der Waals surface area contributed by atoms with Crippen LogP contribution in [-0.4, -0.2) is 34.2 Å². The lowest BCUT2D eigenvalue weighted by Gasteiger charge is -2.25. The molecule has 4 aromatic carbocycles. The lowest BCUT2D eigenvalue weighted by molar-refractivity contribution is -0.119. The second-order valence-corrected chi connectivity index (χ2v) is 12.4. The zero-order chi connectivity index (χ0) is 30.3. The van der Waals surface area contributed by atoms with Gasteiger partial charge in [0, 0.05) is 10.6 Å². The van der Waals surface area contributed by atoms with Crippen LogP contribution < -0.4 is 19.2 Å². The van der Waals surface area contributed by atoms with Crippen molar-refractivity contribution < 1.29 is 22.7 Å². The Morgan fingerprint density at radius 1 is 1.02 bits per heavy atom. The number of ether oxygens (including phenoxy) is 2. The Labute approximate surface area is 259 Å². The normalized spacial score (nSPS) is 11.4. The van der Waals surface area contributed by atoms with Gasteiger partial charge in [-0.1, -0.05) is 65.7 Å². The number of hydrogen-bond acceptors (Lipinski definition) is 6. The summed E-state index contributed by atoms with van der Waals surface area (Å²) in [6.07, 6.45) is 1.43. The highest BCUT2D eigenvalue weighted by atomic mass is 79.9. The summed E-state index contributed by atoms with van der Waals surface area (Å²) in [4.78, 5) is 13.0. The van der Waals surface area contributed by atoms with Crippen molar-refractivity contribution in [1.82, 2.24) is 5.43 Å². The number of halogens is 2. The third-order valence-corrected chi connectivity index (χ3v) is 8.96. The molecule has 0 fully saturated rings. The van der Waals surface area contributed by atoms with Gasteiger partial charge in [0.1, 0.15) is 13.2 Å². The molecule has 0 heterocycles. The number of hydrazone groups is 1. The Kier molecular flexibility index (Phi) is 10.3. The predicted octanol–water partition coefficient (Wildman–Crippen LogP) is 6.65. The highest BCUT2D eigenvalue weighted by molar-refractivity contribution is 9.10. The van der Waals surface area contributed by atoms with Crippen LogP contribution in [0.4, 0.5) is 5.69 Å². The fraction of sp³-hybridized carbons (Fsp3) is 0.161. The van der Waals surface area contributed by atoms with Gasteiger partial charge in [0.05, 0.1) is 28.4 Å². The monoisotopic (exact) mass is 669 g/mol. The quantitative estimate of drug-likeness (QED) is 0.142. The molecule has 4 aromatic rings. The summed E-state index contributed by atoms with van der Waals surface area (Å²) >= 11 is 9.74. The van der Waals surface area contributed by atoms with Crippen LogP contribution >= 0.6 is 27.5 Å². The van der Waals surface area contributed by atoms with E-state index < -0.39 is 22.5 Å². The minimum atomic E-state index is -4.03. The summed E-state index contributed by atoms with van der Waals surface area (Å²) in [6.45, 7) is 3.49. The molecule has 0 aliphatic rings. The molecule has 0 spiro atoms. The second-order valence-electron chi connectivity index (χ2n) is 9.32. The number of methoxy groups -OCH3 is 1. The first-order chi connectivity index (χ1) is 20.1. The molecule has 0 bridgehead atoms. The van der Waals surface area contributed by atoms with Crippen molar-refractivity contribution in [3.8, 4) is 11.5 Å². The highest BCUT2D eigenvalue weighted by Crippen LogP contribution is 2.37. The van der Waals surface area contributed by atoms with E-state index in [9.17, 15) is 13.2 Å². The maximum Gasteiger partial charge on any atom is 0.264 e. The number of sulfonamides is 1. The van der Waals surface area contributed by atoms with Crippen LogP contribution in [0, 0.1) is 13.8 Å². The molecule has 0 unspecified atom stereocenters. The molecular formula is C31H29BrClN3O5S. The van der Waals surface area contributed by atoms with Gasteiger partial charge < -0.3 is 9.47 Å². The zero-order valence-corrected chi connectivity index (χ0v) is 26.3. The predicted molar refractivity (Wildman–Crippen MR) is 169 cm³/mol. The van der Waals surface area contributed by atoms with E-state index in [-0.39, 0.29) is 11.5 Å². The summed E-state index contributed by atoms with van der Waals surface area (Å²) in [6, 6.07) is 24.2. The smallest absolute Gasteiger partial charge is 0.264 e. The maximum absolute atomic E-state index is 13.6. The molecule has 11 heteroatoms. The van der Waals surface area contributed by atoms with Gasteiger partial charge in [-0.25, -0.2) is 13.8 Å². The molecule has 1 amide bonds. The fourth-order valence-corrected chi connectivity index (χ4v) is 6.44. The molecule has 0 aliphatic carbocycles. The summed E-state index contributed by atoms with van der Waals surface area (Å²) in [5.74, 6) is 0.310. The summed E-state index contributed by atoms with van der Waals surface area (Å²) in [5.41, 5.74) is 5.97. The number of amides is 1. The van der Waals surface area contributed by atoms with Crippen LogP contribution in [0.25, 0.3) is 0 Å². The van der Waals surface area contributed by atoms with Crippen molar-refractivity contribution in [2.45, 2.75) is 25.3 Å². The molecule has 0 saturated heterocycles. The molecule has 0 saturated carbocycles. The molecule has 4 rings (SSSR count). The Morgan fingerprint density at radius 2 is 1.74 bits per heavy atom. The van der Waals surface area contributed by atoms with Crippen molar-refractivity contribution in [3.05, 3.63) is 117 Å². The number of carbonyl (C=O) groups is 1. The van der Waals surface area contributed by atoms with Crippen molar-refractivity contribution in [2.75, 3.05) is 18.0 Å². The molecule has 0 aromatic heterocycles. The van der Waals surface area contributed by atoms with Crippen molar-refractivity contribution in [2.24, 2.45) is 5.10 Å². The third kappa shape index (κ3) is 7.50. The van der Waals surface area contributed by atoms with E-state index in [1.807, 2.05) is 31.2 Å². The highest BCUT2D eigenvalue weighted by Gasteiger charge is 2.28. The second kappa shape index (κ2) is 13.9. The minimum absolute atomic E-state index is 0.0788. The van der Waals surface area contributed by atoms with Gasteiger partial charge in [0.15, 0.2) is 11.5 Å². The Morgan fingerprint density at radius 3 is 2.43 bits per heavy atom. The zero-order valence-electron chi connectivity index (χ0n) is 23.2. The standard InChI is InChI=1S/C31H29BrClN3O5S/c1-21-13-14-28(22(2)15-21)36(42(38,39)25-10-5-4-6-11-25)19-30(37)35-34-18-23-16-26(32)31(29(17-23)40-3)41-20-24-9-7-8-12-27(24)33/h4-18H,19-20H2,1-3H3,(H,35,37)/b34-18-. The maximum atomic E-state index is 13.6. The average molecular weight is 671 g/mol.